The van der Waals surface area contributed by atoms with Gasteiger partial charge in [-0.2, -0.15) is 0 Å². The Morgan fingerprint density at radius 1 is 1.28 bits per heavy atom. The summed E-state index contributed by atoms with van der Waals surface area (Å²) in [7, 11) is 0. The first-order valence-corrected chi connectivity index (χ1v) is 7.67. The Morgan fingerprint density at radius 3 is 2.89 bits per heavy atom. The Bertz CT molecular complexity index is 535. The molecule has 3 rings (SSSR count). The quantitative estimate of drug-likeness (QED) is 0.920. The lowest BCUT2D eigenvalue weighted by Gasteiger charge is -2.26. The minimum Gasteiger partial charge on any atom is -0.346 e. The third kappa shape index (κ3) is 2.58. The van der Waals surface area contributed by atoms with E-state index in [0.717, 1.165) is 41.5 Å². The molecule has 0 amide bonds. The van der Waals surface area contributed by atoms with E-state index in [-0.39, 0.29) is 0 Å². The third-order valence-electron chi connectivity index (χ3n) is 3.00. The van der Waals surface area contributed by atoms with E-state index in [9.17, 15) is 0 Å². The molecule has 0 atom stereocenters. The lowest BCUT2D eigenvalue weighted by Crippen LogP contribution is -2.43. The molecule has 1 aromatic heterocycles. The highest BCUT2D eigenvalue weighted by Gasteiger charge is 2.14. The van der Waals surface area contributed by atoms with Crippen LogP contribution in [0.15, 0.2) is 34.1 Å². The summed E-state index contributed by atoms with van der Waals surface area (Å²) >= 11 is 5.23. The Morgan fingerprint density at radius 2 is 2.11 bits per heavy atom. The standard InChI is InChI=1S/C13H14BrN3S/c14-11-3-1-2-10(8-11)12-9-18-13(16-12)17-6-4-15-5-7-17/h1-3,8-9,15H,4-7H2. The summed E-state index contributed by atoms with van der Waals surface area (Å²) in [5.41, 5.74) is 2.23. The molecule has 0 spiro atoms. The van der Waals surface area contributed by atoms with Crippen LogP contribution >= 0.6 is 27.3 Å². The Balaban J connectivity index is 1.84. The number of benzene rings is 1. The van der Waals surface area contributed by atoms with E-state index in [0.29, 0.717) is 0 Å². The van der Waals surface area contributed by atoms with Gasteiger partial charge in [0.2, 0.25) is 0 Å². The summed E-state index contributed by atoms with van der Waals surface area (Å²) in [6.07, 6.45) is 0. The summed E-state index contributed by atoms with van der Waals surface area (Å²) in [6.45, 7) is 4.19. The predicted octanol–water partition coefficient (Wildman–Crippen LogP) is 2.98. The largest absolute Gasteiger partial charge is 0.346 e. The molecule has 0 aliphatic carbocycles. The van der Waals surface area contributed by atoms with Crippen molar-refractivity contribution in [2.45, 2.75) is 0 Å². The van der Waals surface area contributed by atoms with Crippen molar-refractivity contribution in [2.24, 2.45) is 0 Å². The van der Waals surface area contributed by atoms with Crippen molar-refractivity contribution in [1.29, 1.82) is 0 Å². The van der Waals surface area contributed by atoms with Crippen LogP contribution in [0.3, 0.4) is 0 Å². The number of nitrogens with one attached hydrogen (secondary N) is 1. The van der Waals surface area contributed by atoms with Crippen LogP contribution in [0.4, 0.5) is 5.13 Å². The second-order valence-electron chi connectivity index (χ2n) is 4.26. The van der Waals surface area contributed by atoms with Crippen LogP contribution in [-0.4, -0.2) is 31.2 Å². The van der Waals surface area contributed by atoms with E-state index >= 15 is 0 Å². The average molecular weight is 324 g/mol. The van der Waals surface area contributed by atoms with Crippen LogP contribution in [0.5, 0.6) is 0 Å². The minimum absolute atomic E-state index is 1.05. The van der Waals surface area contributed by atoms with Gasteiger partial charge >= 0.3 is 0 Å². The van der Waals surface area contributed by atoms with Gasteiger partial charge in [-0.05, 0) is 12.1 Å². The zero-order chi connectivity index (χ0) is 12.4. The van der Waals surface area contributed by atoms with E-state index in [1.54, 1.807) is 11.3 Å². The van der Waals surface area contributed by atoms with Crippen molar-refractivity contribution in [3.63, 3.8) is 0 Å². The van der Waals surface area contributed by atoms with Crippen molar-refractivity contribution >= 4 is 32.4 Å². The lowest BCUT2D eigenvalue weighted by atomic mass is 10.2. The van der Waals surface area contributed by atoms with Crippen LogP contribution in [0.1, 0.15) is 0 Å². The summed E-state index contributed by atoms with van der Waals surface area (Å²) in [5, 5.41) is 6.63. The molecule has 1 fully saturated rings. The number of aromatic nitrogens is 1. The first-order valence-electron chi connectivity index (χ1n) is 6.00. The number of nitrogens with zero attached hydrogens (tertiary/aromatic N) is 2. The van der Waals surface area contributed by atoms with Crippen molar-refractivity contribution < 1.29 is 0 Å². The number of piperazine rings is 1. The van der Waals surface area contributed by atoms with Crippen LogP contribution in [0, 0.1) is 0 Å². The topological polar surface area (TPSA) is 28.2 Å². The van der Waals surface area contributed by atoms with E-state index < -0.39 is 0 Å². The summed E-state index contributed by atoms with van der Waals surface area (Å²) in [6, 6.07) is 8.29. The number of thiazole rings is 1. The van der Waals surface area contributed by atoms with Gasteiger partial charge in [0.1, 0.15) is 0 Å². The van der Waals surface area contributed by atoms with Gasteiger partial charge in [-0.3, -0.25) is 0 Å². The average Bonchev–Trinajstić information content (AvgIpc) is 2.89. The van der Waals surface area contributed by atoms with E-state index in [1.807, 2.05) is 12.1 Å². The zero-order valence-corrected chi connectivity index (χ0v) is 12.3. The van der Waals surface area contributed by atoms with Crippen molar-refractivity contribution in [3.05, 3.63) is 34.1 Å². The maximum atomic E-state index is 4.74. The second kappa shape index (κ2) is 5.38. The molecule has 1 aliphatic rings. The third-order valence-corrected chi connectivity index (χ3v) is 4.39. The summed E-state index contributed by atoms with van der Waals surface area (Å²) < 4.78 is 1.09. The van der Waals surface area contributed by atoms with Gasteiger partial charge in [0.25, 0.3) is 0 Å². The van der Waals surface area contributed by atoms with E-state index in [1.165, 1.54) is 5.56 Å². The second-order valence-corrected chi connectivity index (χ2v) is 6.01. The van der Waals surface area contributed by atoms with Gasteiger partial charge in [-0.1, -0.05) is 28.1 Å². The molecule has 0 unspecified atom stereocenters. The molecule has 2 heterocycles. The molecule has 0 saturated carbocycles. The van der Waals surface area contributed by atoms with Gasteiger partial charge < -0.3 is 10.2 Å². The fourth-order valence-electron chi connectivity index (χ4n) is 2.05. The van der Waals surface area contributed by atoms with Crippen molar-refractivity contribution in [3.8, 4) is 11.3 Å². The SMILES string of the molecule is Brc1cccc(-c2csc(N3CCNCC3)n2)c1. The molecule has 5 heteroatoms. The highest BCUT2D eigenvalue weighted by Crippen LogP contribution is 2.28. The van der Waals surface area contributed by atoms with E-state index in [4.69, 9.17) is 4.98 Å². The van der Waals surface area contributed by atoms with E-state index in [2.05, 4.69) is 43.7 Å². The Hall–Kier alpha value is -0.910. The first-order chi connectivity index (χ1) is 8.83. The molecule has 0 radical (unpaired) electrons. The number of rotatable bonds is 2. The van der Waals surface area contributed by atoms with Crippen LogP contribution < -0.4 is 10.2 Å². The maximum Gasteiger partial charge on any atom is 0.185 e. The molecular weight excluding hydrogens is 310 g/mol. The van der Waals surface area contributed by atoms with Crippen LogP contribution in [0.25, 0.3) is 11.3 Å². The lowest BCUT2D eigenvalue weighted by molar-refractivity contribution is 0.588. The summed E-state index contributed by atoms with van der Waals surface area (Å²) in [5.74, 6) is 0. The molecule has 2 aromatic rings. The fraction of sp³-hybridized carbons (Fsp3) is 0.308. The molecule has 94 valence electrons. The molecule has 3 nitrogen and oxygen atoms in total. The zero-order valence-electron chi connectivity index (χ0n) is 9.90. The van der Waals surface area contributed by atoms with Crippen molar-refractivity contribution in [1.82, 2.24) is 10.3 Å². The smallest absolute Gasteiger partial charge is 0.185 e. The minimum atomic E-state index is 1.05. The molecule has 1 saturated heterocycles. The molecule has 1 aliphatic heterocycles. The molecule has 1 N–H and O–H groups in total. The Labute approximate surface area is 119 Å². The number of halogens is 1. The van der Waals surface area contributed by atoms with Crippen LogP contribution in [0.2, 0.25) is 0 Å². The normalized spacial score (nSPS) is 15.9. The number of hydrogen-bond acceptors (Lipinski definition) is 4. The highest BCUT2D eigenvalue weighted by molar-refractivity contribution is 9.10. The predicted molar refractivity (Wildman–Crippen MR) is 80.3 cm³/mol. The van der Waals surface area contributed by atoms with Crippen LogP contribution in [-0.2, 0) is 0 Å². The Kier molecular flexibility index (Phi) is 3.63. The monoisotopic (exact) mass is 323 g/mol. The highest BCUT2D eigenvalue weighted by atomic mass is 79.9. The molecule has 18 heavy (non-hydrogen) atoms. The van der Waals surface area contributed by atoms with Gasteiger partial charge in [-0.15, -0.1) is 11.3 Å². The van der Waals surface area contributed by atoms with Gasteiger partial charge in [-0.25, -0.2) is 4.98 Å². The number of hydrogen-bond donors (Lipinski definition) is 1. The fourth-order valence-corrected chi connectivity index (χ4v) is 3.33. The summed E-state index contributed by atoms with van der Waals surface area (Å²) in [4.78, 5) is 7.09. The first kappa shape index (κ1) is 12.1. The van der Waals surface area contributed by atoms with Gasteiger partial charge in [0.15, 0.2) is 5.13 Å². The molecule has 0 bridgehead atoms. The van der Waals surface area contributed by atoms with Gasteiger partial charge in [0.05, 0.1) is 5.69 Å². The maximum absolute atomic E-state index is 4.74. The molecule has 1 aromatic carbocycles. The van der Waals surface area contributed by atoms with Crippen molar-refractivity contribution in [2.75, 3.05) is 31.1 Å². The number of anilines is 1. The van der Waals surface area contributed by atoms with Gasteiger partial charge in [0, 0.05) is 41.6 Å². The molecular formula is C13H14BrN3S.